The lowest BCUT2D eigenvalue weighted by molar-refractivity contribution is -0.706. The van der Waals surface area contributed by atoms with Crippen LogP contribution in [0.1, 0.15) is 97.5 Å². The number of nitrogens with zero attached hydrogens (tertiary/aromatic N) is 28. The van der Waals surface area contributed by atoms with E-state index in [-0.39, 0.29) is 5.56 Å². The molecule has 0 radical (unpaired) electrons. The molecule has 0 bridgehead atoms. The van der Waals surface area contributed by atoms with Gasteiger partial charge < -0.3 is 62.2 Å². The molecule has 0 saturated carbocycles. The fraction of sp³-hybridized carbons (Fsp3) is 0.326. The average molecular weight is 1740 g/mol. The Hall–Kier alpha value is -15.6. The van der Waals surface area contributed by atoms with E-state index < -0.39 is 0 Å². The number of hydrazine groups is 1. The second-order valence-electron chi connectivity index (χ2n) is 27.3. The number of imidazole rings is 3. The van der Waals surface area contributed by atoms with Gasteiger partial charge in [0.15, 0.2) is 17.7 Å². The summed E-state index contributed by atoms with van der Waals surface area (Å²) in [5.41, 5.74) is 32.6. The second kappa shape index (κ2) is 64.3. The Morgan fingerprint density at radius 1 is 0.583 bits per heavy atom. The summed E-state index contributed by atoms with van der Waals surface area (Å²) >= 11 is 0. The van der Waals surface area contributed by atoms with Gasteiger partial charge in [0.05, 0.1) is 90.8 Å². The van der Waals surface area contributed by atoms with Crippen LogP contribution < -0.4 is 54.2 Å². The van der Waals surface area contributed by atoms with Crippen LogP contribution >= 0.6 is 0 Å². The summed E-state index contributed by atoms with van der Waals surface area (Å²) in [6.45, 7) is 34.5. The number of H-pyrrole nitrogens is 4. The number of likely N-dealkylation sites (N-methyl/N-ethyl adjacent to an activating group) is 1. The maximum atomic E-state index is 10.3. The van der Waals surface area contributed by atoms with Crippen molar-refractivity contribution in [2.45, 2.75) is 117 Å². The van der Waals surface area contributed by atoms with Crippen molar-refractivity contribution in [2.75, 3.05) is 84.0 Å². The van der Waals surface area contributed by atoms with Gasteiger partial charge in [-0.05, 0) is 167 Å². The molecule has 15 N–H and O–H groups in total. The molecule has 14 aromatic rings. The van der Waals surface area contributed by atoms with E-state index in [2.05, 4.69) is 226 Å². The molecule has 0 aliphatic carbocycles. The summed E-state index contributed by atoms with van der Waals surface area (Å²) in [5.74, 6) is 9.38. The number of tetrazole rings is 1. The molecule has 17 rings (SSSR count). The molecular formula is C86H125N39O2+2. The van der Waals surface area contributed by atoms with Crippen LogP contribution in [0.4, 0.5) is 17.2 Å². The van der Waals surface area contributed by atoms with Crippen molar-refractivity contribution in [2.24, 2.45) is 28.6 Å². The number of anilines is 3. The van der Waals surface area contributed by atoms with Crippen LogP contribution in [0, 0.1) is 90.0 Å². The van der Waals surface area contributed by atoms with E-state index in [4.69, 9.17) is 27.8 Å². The van der Waals surface area contributed by atoms with Gasteiger partial charge in [0.25, 0.3) is 11.8 Å². The molecule has 3 aliphatic heterocycles. The number of benzene rings is 2. The first-order chi connectivity index (χ1) is 61.0. The van der Waals surface area contributed by atoms with Crippen molar-refractivity contribution in [1.29, 1.82) is 0 Å². The van der Waals surface area contributed by atoms with Crippen LogP contribution in [-0.2, 0) is 26.7 Å². The Kier molecular flexibility index (Phi) is 53.4. The quantitative estimate of drug-likeness (QED) is 0.0534. The van der Waals surface area contributed by atoms with Crippen molar-refractivity contribution < 1.29 is 14.0 Å². The normalized spacial score (nSPS) is 11.0. The molecule has 674 valence electrons. The van der Waals surface area contributed by atoms with Gasteiger partial charge in [-0.15, -0.1) is 15.3 Å². The van der Waals surface area contributed by atoms with E-state index in [9.17, 15) is 4.79 Å². The molecule has 0 unspecified atom stereocenters. The molecule has 0 atom stereocenters. The highest BCUT2D eigenvalue weighted by molar-refractivity contribution is 6.11. The van der Waals surface area contributed by atoms with Crippen LogP contribution in [0.5, 0.6) is 6.01 Å². The van der Waals surface area contributed by atoms with Crippen LogP contribution in [0.15, 0.2) is 218 Å². The topological polar surface area (TPSA) is 542 Å². The Labute approximate surface area is 742 Å². The number of aliphatic imine (C=N–C) groups is 2. The fourth-order valence-corrected chi connectivity index (χ4v) is 9.00. The minimum absolute atomic E-state index is 0.157. The molecule has 15 heterocycles. The van der Waals surface area contributed by atoms with Gasteiger partial charge in [0.1, 0.15) is 37.7 Å². The molecule has 127 heavy (non-hydrogen) atoms. The van der Waals surface area contributed by atoms with Crippen molar-refractivity contribution in [3.8, 4) is 6.01 Å². The Morgan fingerprint density at radius 2 is 1.27 bits per heavy atom. The maximum absolute atomic E-state index is 10.3. The van der Waals surface area contributed by atoms with E-state index in [1.54, 1.807) is 105 Å². The largest absolute Gasteiger partial charge is 0.464 e. The van der Waals surface area contributed by atoms with Gasteiger partial charge in [0, 0.05) is 145 Å². The lowest BCUT2D eigenvalue weighted by Gasteiger charge is -2.15. The third kappa shape index (κ3) is 51.7. The van der Waals surface area contributed by atoms with Crippen molar-refractivity contribution >= 4 is 41.5 Å². The summed E-state index contributed by atoms with van der Waals surface area (Å²) in [4.78, 5) is 71.5. The number of aryl methyl sites for hydroxylation is 14. The summed E-state index contributed by atoms with van der Waals surface area (Å²) in [5, 5.41) is 50.4. The van der Waals surface area contributed by atoms with Gasteiger partial charge in [-0.25, -0.2) is 65.8 Å². The number of nitrogen functional groups attached to an aromatic ring is 2. The number of nitrogens with one attached hydrogen (secondary N) is 7. The van der Waals surface area contributed by atoms with E-state index in [0.29, 0.717) is 36.5 Å². The van der Waals surface area contributed by atoms with Crippen molar-refractivity contribution in [1.82, 2.24) is 152 Å². The smallest absolute Gasteiger partial charge is 0.360 e. The zero-order valence-corrected chi connectivity index (χ0v) is 76.2. The third-order valence-corrected chi connectivity index (χ3v) is 16.1. The van der Waals surface area contributed by atoms with Crippen molar-refractivity contribution in [3.63, 3.8) is 0 Å². The summed E-state index contributed by atoms with van der Waals surface area (Å²) in [6, 6.07) is 31.5. The monoisotopic (exact) mass is 1740 g/mol. The minimum atomic E-state index is -0.157. The lowest BCUT2D eigenvalue weighted by atomic mass is 10.1. The van der Waals surface area contributed by atoms with Crippen molar-refractivity contribution in [3.05, 3.63) is 304 Å². The SMILES string of the molecule is CCOc1nccc(C)n1.C[N+]1=CC=[N+](N)C1.Cc1ccc(=O)[nH]n1.Cc1ccc(N)nn1.Cc1ccccc1CNC1=NCCN1.Cc1ccccc1CNC1=NCCN1C.Cc1cccnn1.Cc1ccnnc1.Cc1cnc[nH]1.Cc1ncc[nH]1.Cc1ncncc1CN.Cc1ncncc1N.Cc1ncncc1N(C)C.Cc1nn[nH]n1.Cn1ccnc1. The molecule has 2 aromatic carbocycles. The number of hydrogen-bond donors (Lipinski definition) is 11. The number of hydrazone groups is 1. The molecule has 12 aromatic heterocycles. The fourth-order valence-electron chi connectivity index (χ4n) is 9.00. The Balaban J connectivity index is 0.000000354. The Bertz CT molecular complexity index is 5080. The van der Waals surface area contributed by atoms with Gasteiger partial charge in [-0.2, -0.15) is 40.4 Å². The zero-order valence-electron chi connectivity index (χ0n) is 76.2. The van der Waals surface area contributed by atoms with E-state index in [0.717, 1.165) is 126 Å². The molecule has 0 spiro atoms. The minimum Gasteiger partial charge on any atom is -0.464 e. The van der Waals surface area contributed by atoms with Crippen LogP contribution in [0.25, 0.3) is 0 Å². The van der Waals surface area contributed by atoms with E-state index >= 15 is 0 Å². The van der Waals surface area contributed by atoms with Gasteiger partial charge in [0.2, 0.25) is 6.21 Å². The highest BCUT2D eigenvalue weighted by Crippen LogP contribution is 2.12. The van der Waals surface area contributed by atoms with Gasteiger partial charge in [-0.1, -0.05) is 58.4 Å². The van der Waals surface area contributed by atoms with Gasteiger partial charge in [-0.3, -0.25) is 14.8 Å². The summed E-state index contributed by atoms with van der Waals surface area (Å²) in [6.07, 6.45) is 32.6. The number of rotatable bonds is 8. The average Bonchev–Trinajstić information content (AvgIpc) is 1.87. The Morgan fingerprint density at radius 3 is 1.62 bits per heavy atom. The van der Waals surface area contributed by atoms with Crippen LogP contribution in [-0.4, -0.2) is 237 Å². The summed E-state index contributed by atoms with van der Waals surface area (Å²) < 4.78 is 10.6. The number of aromatic amines is 4. The molecular weight excluding hydrogens is 1610 g/mol. The number of aromatic nitrogens is 26. The molecule has 41 nitrogen and oxygen atoms in total. The van der Waals surface area contributed by atoms with Gasteiger partial charge >= 0.3 is 12.7 Å². The number of ether oxygens (including phenoxy) is 1. The number of guanidine groups is 2. The highest BCUT2D eigenvalue weighted by atomic mass is 16.5. The molecule has 0 fully saturated rings. The molecule has 0 amide bonds. The standard InChI is InChI=1S/C12H17N3.C11H15N3.C7H11N3.C7H10N2O.C6H9N3.2C5H7N3.C5H6N2O.2C5H6N2.C4H8N3.3C4H6N2.C2H4N4/c1-10-5-3-4-6-11(10)9-14-12-13-7-8-15(12)2;1-9-4-2-3-5-10(9)8-14-11-12-6-7-13-11;1-6-7(10(2)3)4-8-5-9-6;1-3-10-7-8-5-4-6(2)9-7;1-5-6(2-7)3-8-4-9-5;1-4-5(6)2-7-3-8-4;1-4-2-3-5(6)8-7-4;1-4-2-3-5(8)7-6-4;1-5-2-3-6-7-4-5;1-5-3-2-4-6-7-5;1-6-2-3-7(5)4-6;1-4-2-5-3-6-4;1-6-3-2-5-4-6;1-4-5-2-3-6-4;1-2-3-5-6-4-2/h3-6H,7-9H2,1-2H3,(H,13,14);2-5H,6-8H2,1H3,(H2,12,13,14);4-5H,1-3H3;4-5H,3H2,1-2H3;3-4H,2,7H2,1H3;2-3H,6H2,1H3;2-3H,1H3,(H2,6,8);2-3H,1H3,(H,7,8);2*2-4H,1H3;2-3,5H,4H2,1H3;2-3H,1H3,(H,5,6);2-4H,1H3;2-3H,1H3,(H,5,6);1H3,(H,3,4,5,6)/q;;;;;;;;;;+1;;;;/p+1. The molecule has 3 aliphatic rings. The first-order valence-corrected chi connectivity index (χ1v) is 40.0. The first-order valence-electron chi connectivity index (χ1n) is 40.0. The maximum Gasteiger partial charge on any atom is 0.360 e. The predicted molar refractivity (Wildman–Crippen MR) is 497 cm³/mol. The molecule has 41 heteroatoms. The highest BCUT2D eigenvalue weighted by Gasteiger charge is 2.13. The number of nitrogens with two attached hydrogens (primary N) is 4. The second-order valence-corrected chi connectivity index (χ2v) is 27.3. The van der Waals surface area contributed by atoms with Crippen LogP contribution in [0.2, 0.25) is 0 Å². The first kappa shape index (κ1) is 106. The third-order valence-electron chi connectivity index (χ3n) is 16.1. The summed E-state index contributed by atoms with van der Waals surface area (Å²) in [7, 11) is 9.93. The lowest BCUT2D eigenvalue weighted by Crippen LogP contribution is -2.35. The zero-order chi connectivity index (χ0) is 93.2. The van der Waals surface area contributed by atoms with Crippen LogP contribution in [0.3, 0.4) is 0 Å². The predicted octanol–water partition coefficient (Wildman–Crippen LogP) is 7.08. The molecule has 0 saturated heterocycles. The van der Waals surface area contributed by atoms with E-state index in [1.165, 1.54) is 41.0 Å². The number of hydrogen-bond acceptors (Lipinski definition) is 34. The van der Waals surface area contributed by atoms with E-state index in [1.807, 2.05) is 174 Å².